The van der Waals surface area contributed by atoms with E-state index in [-0.39, 0.29) is 12.6 Å². The number of alkyl halides is 3. The van der Waals surface area contributed by atoms with Crippen molar-refractivity contribution in [3.8, 4) is 0 Å². The predicted molar refractivity (Wildman–Crippen MR) is 60.2 cm³/mol. The Morgan fingerprint density at radius 2 is 1.89 bits per heavy atom. The lowest BCUT2D eigenvalue weighted by atomic mass is 9.95. The van der Waals surface area contributed by atoms with Crippen LogP contribution >= 0.6 is 0 Å². The third kappa shape index (κ3) is 6.80. The minimum Gasteiger partial charge on any atom is -0.468 e. The molecule has 0 aliphatic carbocycles. The molecule has 0 aromatic rings. The van der Waals surface area contributed by atoms with Gasteiger partial charge in [-0.25, -0.2) is 0 Å². The molecule has 0 fully saturated rings. The Hall–Kier alpha value is -0.820. The van der Waals surface area contributed by atoms with Crippen molar-refractivity contribution in [3.05, 3.63) is 0 Å². The van der Waals surface area contributed by atoms with Crippen LogP contribution in [0.5, 0.6) is 0 Å². The van der Waals surface area contributed by atoms with Crippen molar-refractivity contribution in [2.45, 2.75) is 37.9 Å². The van der Waals surface area contributed by atoms with Crippen LogP contribution in [0.2, 0.25) is 0 Å². The van der Waals surface area contributed by atoms with E-state index in [1.165, 1.54) is 7.11 Å². The molecule has 0 aliphatic rings. The molecule has 4 nitrogen and oxygen atoms in total. The first-order valence-corrected chi connectivity index (χ1v) is 5.67. The summed E-state index contributed by atoms with van der Waals surface area (Å²) in [6.07, 6.45) is -2.77. The van der Waals surface area contributed by atoms with Gasteiger partial charge in [0.2, 0.25) is 0 Å². The number of carbonyl (C=O) groups is 1. The summed E-state index contributed by atoms with van der Waals surface area (Å²) in [7, 11) is 2.93. The quantitative estimate of drug-likeness (QED) is 0.541. The number of methoxy groups -OCH3 is 1. The average molecular weight is 271 g/mol. The third-order valence-corrected chi connectivity index (χ3v) is 2.67. The minimum absolute atomic E-state index is 0.0283. The Bertz CT molecular complexity index is 258. The van der Waals surface area contributed by atoms with Crippen LogP contribution in [0.1, 0.15) is 26.2 Å². The maximum atomic E-state index is 11.8. The molecule has 0 rings (SSSR count). The summed E-state index contributed by atoms with van der Waals surface area (Å²) in [4.78, 5) is 11.5. The van der Waals surface area contributed by atoms with E-state index in [0.29, 0.717) is 19.3 Å². The van der Waals surface area contributed by atoms with Crippen LogP contribution in [0.25, 0.3) is 0 Å². The molecule has 0 aromatic carbocycles. The van der Waals surface area contributed by atoms with Crippen molar-refractivity contribution in [2.75, 3.05) is 27.4 Å². The fourth-order valence-electron chi connectivity index (χ4n) is 1.42. The number of hydrogen-bond donors (Lipinski definition) is 1. The van der Waals surface area contributed by atoms with E-state index in [1.54, 1.807) is 14.0 Å². The van der Waals surface area contributed by atoms with Gasteiger partial charge in [0.1, 0.15) is 12.1 Å². The molecule has 1 atom stereocenters. The van der Waals surface area contributed by atoms with Gasteiger partial charge in [0, 0.05) is 6.61 Å². The first-order valence-electron chi connectivity index (χ1n) is 5.67. The first-order chi connectivity index (χ1) is 8.25. The van der Waals surface area contributed by atoms with E-state index in [4.69, 9.17) is 0 Å². The van der Waals surface area contributed by atoms with E-state index in [2.05, 4.69) is 14.8 Å². The van der Waals surface area contributed by atoms with E-state index in [9.17, 15) is 18.0 Å². The Morgan fingerprint density at radius 1 is 1.28 bits per heavy atom. The van der Waals surface area contributed by atoms with E-state index in [0.717, 1.165) is 0 Å². The Labute approximate surface area is 105 Å². The highest BCUT2D eigenvalue weighted by atomic mass is 19.4. The number of carbonyl (C=O) groups excluding carboxylic acids is 1. The lowest BCUT2D eigenvalue weighted by Gasteiger charge is -2.25. The smallest absolute Gasteiger partial charge is 0.411 e. The molecule has 1 unspecified atom stereocenters. The van der Waals surface area contributed by atoms with Crippen molar-refractivity contribution < 1.29 is 27.4 Å². The maximum absolute atomic E-state index is 11.8. The lowest BCUT2D eigenvalue weighted by Crippen LogP contribution is -2.48. The van der Waals surface area contributed by atoms with Gasteiger partial charge < -0.3 is 14.8 Å². The molecule has 0 spiro atoms. The first kappa shape index (κ1) is 17.2. The Kier molecular flexibility index (Phi) is 7.23. The molecule has 1 N–H and O–H groups in total. The molecule has 0 aromatic heterocycles. The highest BCUT2D eigenvalue weighted by Gasteiger charge is 2.31. The summed E-state index contributed by atoms with van der Waals surface area (Å²) in [6, 6.07) is 0. The van der Waals surface area contributed by atoms with Crippen molar-refractivity contribution in [1.29, 1.82) is 0 Å². The van der Waals surface area contributed by atoms with Gasteiger partial charge in [0.05, 0.1) is 7.11 Å². The predicted octanol–water partition coefficient (Wildman–Crippen LogP) is 1.89. The van der Waals surface area contributed by atoms with Crippen LogP contribution in [-0.4, -0.2) is 45.1 Å². The second kappa shape index (κ2) is 7.58. The topological polar surface area (TPSA) is 47.6 Å². The molecule has 0 radical (unpaired) electrons. The summed E-state index contributed by atoms with van der Waals surface area (Å²) in [5, 5.41) is 2.85. The number of rotatable bonds is 8. The summed E-state index contributed by atoms with van der Waals surface area (Å²) in [5.74, 6) is -0.388. The zero-order chi connectivity index (χ0) is 14.2. The van der Waals surface area contributed by atoms with Gasteiger partial charge in [0.15, 0.2) is 0 Å². The normalized spacial score (nSPS) is 15.2. The molecule has 0 bridgehead atoms. The number of unbranched alkanes of at least 4 members (excludes halogenated alkanes) is 1. The molecule has 0 amide bonds. The van der Waals surface area contributed by atoms with Crippen molar-refractivity contribution in [1.82, 2.24) is 5.32 Å². The number of ether oxygens (including phenoxy) is 2. The number of halogens is 3. The van der Waals surface area contributed by atoms with Crippen LogP contribution in [0.4, 0.5) is 13.2 Å². The van der Waals surface area contributed by atoms with Crippen molar-refractivity contribution in [3.63, 3.8) is 0 Å². The Balaban J connectivity index is 3.79. The van der Waals surface area contributed by atoms with Gasteiger partial charge in [-0.3, -0.25) is 4.79 Å². The van der Waals surface area contributed by atoms with E-state index in [1.807, 2.05) is 0 Å². The fourth-order valence-corrected chi connectivity index (χ4v) is 1.42. The second-order valence-electron chi connectivity index (χ2n) is 4.20. The fraction of sp³-hybridized carbons (Fsp3) is 0.909. The molecule has 0 saturated heterocycles. The van der Waals surface area contributed by atoms with Crippen LogP contribution in [0.3, 0.4) is 0 Å². The van der Waals surface area contributed by atoms with E-state index >= 15 is 0 Å². The molecule has 7 heteroatoms. The van der Waals surface area contributed by atoms with Gasteiger partial charge in [0.25, 0.3) is 0 Å². The number of esters is 1. The molecule has 0 heterocycles. The minimum atomic E-state index is -4.29. The summed E-state index contributed by atoms with van der Waals surface area (Å²) < 4.78 is 44.4. The lowest BCUT2D eigenvalue weighted by molar-refractivity contribution is -0.174. The molecule has 108 valence electrons. The van der Waals surface area contributed by atoms with Crippen molar-refractivity contribution >= 4 is 5.97 Å². The van der Waals surface area contributed by atoms with Gasteiger partial charge >= 0.3 is 12.1 Å². The number of likely N-dealkylation sites (N-methyl/N-ethyl adjacent to an activating group) is 1. The summed E-state index contributed by atoms with van der Waals surface area (Å²) in [6.45, 7) is 0.489. The zero-order valence-electron chi connectivity index (χ0n) is 10.9. The molecular formula is C11H20F3NO3. The standard InChI is InChI=1S/C11H20F3NO3/c1-10(15-2,9(16)17-3)6-4-5-7-18-8-11(12,13)14/h15H,4-8H2,1-3H3. The molecular weight excluding hydrogens is 251 g/mol. The molecule has 0 saturated carbocycles. The third-order valence-electron chi connectivity index (χ3n) is 2.67. The van der Waals surface area contributed by atoms with Crippen LogP contribution in [-0.2, 0) is 14.3 Å². The monoisotopic (exact) mass is 271 g/mol. The van der Waals surface area contributed by atoms with Gasteiger partial charge in [-0.05, 0) is 33.2 Å². The number of hydrogen-bond acceptors (Lipinski definition) is 4. The highest BCUT2D eigenvalue weighted by molar-refractivity contribution is 5.80. The van der Waals surface area contributed by atoms with Gasteiger partial charge in [-0.1, -0.05) is 0 Å². The largest absolute Gasteiger partial charge is 0.468 e. The molecule has 0 aliphatic heterocycles. The maximum Gasteiger partial charge on any atom is 0.411 e. The van der Waals surface area contributed by atoms with Gasteiger partial charge in [-0.2, -0.15) is 13.2 Å². The van der Waals surface area contributed by atoms with E-state index < -0.39 is 18.3 Å². The Morgan fingerprint density at radius 3 is 2.33 bits per heavy atom. The summed E-state index contributed by atoms with van der Waals surface area (Å²) in [5.41, 5.74) is -0.807. The number of nitrogens with one attached hydrogen (secondary N) is 1. The molecule has 18 heavy (non-hydrogen) atoms. The SMILES string of the molecule is CNC(C)(CCCCOCC(F)(F)F)C(=O)OC. The van der Waals surface area contributed by atoms with Gasteiger partial charge in [-0.15, -0.1) is 0 Å². The van der Waals surface area contributed by atoms with Crippen LogP contribution in [0.15, 0.2) is 0 Å². The van der Waals surface area contributed by atoms with Crippen LogP contribution in [0, 0.1) is 0 Å². The second-order valence-corrected chi connectivity index (χ2v) is 4.20. The average Bonchev–Trinajstić information content (AvgIpc) is 2.30. The van der Waals surface area contributed by atoms with Crippen LogP contribution < -0.4 is 5.32 Å². The van der Waals surface area contributed by atoms with Crippen molar-refractivity contribution in [2.24, 2.45) is 0 Å². The summed E-state index contributed by atoms with van der Waals surface area (Å²) >= 11 is 0. The highest BCUT2D eigenvalue weighted by Crippen LogP contribution is 2.17. The zero-order valence-corrected chi connectivity index (χ0v) is 10.9.